The van der Waals surface area contributed by atoms with Crippen molar-refractivity contribution in [3.8, 4) is 10.4 Å². The lowest BCUT2D eigenvalue weighted by Gasteiger charge is -2.32. The summed E-state index contributed by atoms with van der Waals surface area (Å²) in [6, 6.07) is 6.07. The summed E-state index contributed by atoms with van der Waals surface area (Å²) in [6.07, 6.45) is 1.38. The normalized spacial score (nSPS) is 20.7. The molecule has 5 rings (SSSR count). The highest BCUT2D eigenvalue weighted by atomic mass is 32.1. The number of aliphatic carboxylic acids is 1. The zero-order valence-electron chi connectivity index (χ0n) is 18.1. The zero-order valence-corrected chi connectivity index (χ0v) is 19.0. The maximum atomic E-state index is 13.0. The number of alkyl halides is 3. The Kier molecular flexibility index (Phi) is 5.72. The number of rotatable bonds is 5. The van der Waals surface area contributed by atoms with Crippen molar-refractivity contribution >= 4 is 39.8 Å². The smallest absolute Gasteiger partial charge is 0.433 e. The third-order valence-corrected chi connectivity index (χ3v) is 7.44. The number of carboxylic acid groups (broad SMARTS) is 1. The molecule has 3 aromatic heterocycles. The summed E-state index contributed by atoms with van der Waals surface area (Å²) in [4.78, 5) is 27.0. The summed E-state index contributed by atoms with van der Waals surface area (Å²) in [7, 11) is 0. The molecule has 3 heterocycles. The molecule has 4 aromatic rings. The van der Waals surface area contributed by atoms with Gasteiger partial charge < -0.3 is 20.5 Å². The molecule has 1 aliphatic carbocycles. The van der Waals surface area contributed by atoms with Gasteiger partial charge in [0, 0.05) is 40.7 Å². The first-order chi connectivity index (χ1) is 16.6. The van der Waals surface area contributed by atoms with E-state index in [1.165, 1.54) is 11.3 Å². The topological polar surface area (TPSA) is 124 Å². The number of fused-ring (bicyclic) bond motifs is 1. The lowest BCUT2D eigenvalue weighted by molar-refractivity contribution is -0.145. The quantitative estimate of drug-likeness (QED) is 0.291. The van der Waals surface area contributed by atoms with Crippen LogP contribution in [0, 0.1) is 5.92 Å². The Balaban J connectivity index is 1.40. The van der Waals surface area contributed by atoms with Crippen LogP contribution in [0.4, 0.5) is 24.8 Å². The average molecular weight is 504 g/mol. The number of carboxylic acids is 1. The number of aromatic nitrogens is 4. The third-order valence-electron chi connectivity index (χ3n) is 6.22. The molecule has 0 aliphatic heterocycles. The van der Waals surface area contributed by atoms with Crippen molar-refractivity contribution < 1.29 is 28.2 Å². The Morgan fingerprint density at radius 3 is 2.69 bits per heavy atom. The number of halogens is 3. The number of anilines is 2. The number of benzene rings is 1. The van der Waals surface area contributed by atoms with Crippen LogP contribution in [0.15, 0.2) is 42.9 Å². The Bertz CT molecular complexity index is 1390. The highest BCUT2D eigenvalue weighted by molar-refractivity contribution is 7.15. The van der Waals surface area contributed by atoms with Gasteiger partial charge in [0.15, 0.2) is 0 Å². The molecular formula is C23H20F3N5O3S. The van der Waals surface area contributed by atoms with Crippen molar-refractivity contribution in [3.05, 3.63) is 53.6 Å². The summed E-state index contributed by atoms with van der Waals surface area (Å²) in [5.41, 5.74) is -0.0561. The highest BCUT2D eigenvalue weighted by Gasteiger charge is 2.39. The summed E-state index contributed by atoms with van der Waals surface area (Å²) >= 11 is 1.34. The summed E-state index contributed by atoms with van der Waals surface area (Å²) in [6.45, 7) is 0. The number of aromatic amines is 1. The maximum absolute atomic E-state index is 13.0. The van der Waals surface area contributed by atoms with E-state index in [2.05, 4.69) is 25.3 Å². The van der Waals surface area contributed by atoms with Crippen LogP contribution in [0.1, 0.15) is 36.4 Å². The van der Waals surface area contributed by atoms with E-state index >= 15 is 0 Å². The molecule has 0 bridgehead atoms. The molecular weight excluding hydrogens is 483 g/mol. The Labute approximate surface area is 200 Å². The highest BCUT2D eigenvalue weighted by Crippen LogP contribution is 2.43. The molecule has 35 heavy (non-hydrogen) atoms. The van der Waals surface area contributed by atoms with E-state index in [9.17, 15) is 28.2 Å². The van der Waals surface area contributed by atoms with Crippen molar-refractivity contribution in [3.63, 3.8) is 0 Å². The molecule has 12 heteroatoms. The second-order valence-corrected chi connectivity index (χ2v) is 9.56. The van der Waals surface area contributed by atoms with Crippen LogP contribution in [-0.4, -0.2) is 36.1 Å². The van der Waals surface area contributed by atoms with Gasteiger partial charge in [0.1, 0.15) is 16.3 Å². The average Bonchev–Trinajstić information content (AvgIpc) is 3.46. The summed E-state index contributed by atoms with van der Waals surface area (Å²) in [5, 5.41) is 24.5. The number of aliphatic hydroxyl groups is 1. The van der Waals surface area contributed by atoms with E-state index < -0.39 is 29.4 Å². The Morgan fingerprint density at radius 1 is 1.20 bits per heavy atom. The van der Waals surface area contributed by atoms with Crippen LogP contribution in [0.2, 0.25) is 0 Å². The lowest BCUT2D eigenvalue weighted by atomic mass is 9.79. The molecule has 0 unspecified atom stereocenters. The molecule has 0 radical (unpaired) electrons. The minimum absolute atomic E-state index is 0.171. The van der Waals surface area contributed by atoms with Gasteiger partial charge >= 0.3 is 12.1 Å². The van der Waals surface area contributed by atoms with E-state index in [0.717, 1.165) is 33.6 Å². The molecule has 182 valence electrons. The number of nitrogens with one attached hydrogen (secondary N) is 2. The Hall–Kier alpha value is -3.51. The first kappa shape index (κ1) is 23.2. The SMILES string of the molecule is O=C(O)[C@H]1CC[C@](O)(c2ncc(-c3c[nH]c4ccc(Nc5nccc(C(F)(F)F)n5)cc34)s2)CC1. The number of thiazole rings is 1. The molecule has 0 atom stereocenters. The lowest BCUT2D eigenvalue weighted by Crippen LogP contribution is -2.33. The molecule has 0 saturated heterocycles. The molecule has 1 aliphatic rings. The summed E-state index contributed by atoms with van der Waals surface area (Å²) < 4.78 is 38.9. The van der Waals surface area contributed by atoms with Crippen molar-refractivity contribution in [2.24, 2.45) is 5.92 Å². The van der Waals surface area contributed by atoms with Crippen molar-refractivity contribution in [1.82, 2.24) is 19.9 Å². The van der Waals surface area contributed by atoms with Gasteiger partial charge in [-0.1, -0.05) is 0 Å². The van der Waals surface area contributed by atoms with Gasteiger partial charge in [-0.05, 0) is 49.9 Å². The van der Waals surface area contributed by atoms with Crippen LogP contribution < -0.4 is 5.32 Å². The monoisotopic (exact) mass is 503 g/mol. The third kappa shape index (κ3) is 4.58. The van der Waals surface area contributed by atoms with E-state index in [1.807, 2.05) is 0 Å². The van der Waals surface area contributed by atoms with Gasteiger partial charge in [-0.2, -0.15) is 13.2 Å². The number of hydrogen-bond donors (Lipinski definition) is 4. The van der Waals surface area contributed by atoms with Crippen LogP contribution in [0.5, 0.6) is 0 Å². The molecule has 4 N–H and O–H groups in total. The standard InChI is InChI=1S/C23H20F3N5O3S/c24-23(25,26)18-5-8-27-21(31-18)30-13-1-2-16-14(9-13)15(10-28-16)17-11-29-20(35-17)22(34)6-3-12(4-7-22)19(32)33/h1-2,5,8-12,28,34H,3-4,6-7H2,(H,32,33)(H,27,30,31)/t12-,22+. The van der Waals surface area contributed by atoms with Crippen LogP contribution in [0.25, 0.3) is 21.3 Å². The van der Waals surface area contributed by atoms with Crippen LogP contribution >= 0.6 is 11.3 Å². The minimum atomic E-state index is -4.57. The van der Waals surface area contributed by atoms with Gasteiger partial charge in [-0.15, -0.1) is 11.3 Å². The van der Waals surface area contributed by atoms with E-state index in [-0.39, 0.29) is 5.95 Å². The van der Waals surface area contributed by atoms with Gasteiger partial charge in [0.25, 0.3) is 0 Å². The predicted molar refractivity (Wildman–Crippen MR) is 123 cm³/mol. The molecule has 1 saturated carbocycles. The number of carbonyl (C=O) groups is 1. The van der Waals surface area contributed by atoms with E-state index in [4.69, 9.17) is 0 Å². The van der Waals surface area contributed by atoms with Crippen LogP contribution in [0.3, 0.4) is 0 Å². The molecule has 0 spiro atoms. The second-order valence-electron chi connectivity index (χ2n) is 8.52. The first-order valence-electron chi connectivity index (χ1n) is 10.8. The fraction of sp³-hybridized carbons (Fsp3) is 0.304. The molecule has 1 fully saturated rings. The minimum Gasteiger partial charge on any atom is -0.481 e. The van der Waals surface area contributed by atoms with Gasteiger partial charge in [-0.25, -0.2) is 15.0 Å². The van der Waals surface area contributed by atoms with E-state index in [0.29, 0.717) is 36.4 Å². The number of H-pyrrole nitrogens is 1. The van der Waals surface area contributed by atoms with Crippen molar-refractivity contribution in [2.45, 2.75) is 37.5 Å². The first-order valence-corrected chi connectivity index (χ1v) is 11.6. The second kappa shape index (κ2) is 8.61. The molecule has 1 aromatic carbocycles. The van der Waals surface area contributed by atoms with Crippen molar-refractivity contribution in [1.29, 1.82) is 0 Å². The van der Waals surface area contributed by atoms with Gasteiger partial charge in [-0.3, -0.25) is 4.79 Å². The van der Waals surface area contributed by atoms with E-state index in [1.54, 1.807) is 30.6 Å². The van der Waals surface area contributed by atoms with Crippen molar-refractivity contribution in [2.75, 3.05) is 5.32 Å². The fourth-order valence-electron chi connectivity index (χ4n) is 4.28. The Morgan fingerprint density at radius 2 is 1.97 bits per heavy atom. The van der Waals surface area contributed by atoms with Gasteiger partial charge in [0.2, 0.25) is 5.95 Å². The van der Waals surface area contributed by atoms with Crippen LogP contribution in [-0.2, 0) is 16.6 Å². The fourth-order valence-corrected chi connectivity index (χ4v) is 5.37. The number of nitrogens with zero attached hydrogens (tertiary/aromatic N) is 3. The molecule has 0 amide bonds. The molecule has 8 nitrogen and oxygen atoms in total. The predicted octanol–water partition coefficient (Wildman–Crippen LogP) is 5.31. The zero-order chi connectivity index (χ0) is 24.8. The van der Waals surface area contributed by atoms with Gasteiger partial charge in [0.05, 0.1) is 10.8 Å². The summed E-state index contributed by atoms with van der Waals surface area (Å²) in [5.74, 6) is -1.46. The largest absolute Gasteiger partial charge is 0.481 e. The maximum Gasteiger partial charge on any atom is 0.433 e. The number of hydrogen-bond acceptors (Lipinski definition) is 7.